The highest BCUT2D eigenvalue weighted by Crippen LogP contribution is 2.34. The van der Waals surface area contributed by atoms with Crippen molar-refractivity contribution in [3.05, 3.63) is 77.4 Å². The number of rotatable bonds is 5. The van der Waals surface area contributed by atoms with Gasteiger partial charge in [-0.25, -0.2) is 0 Å². The number of hydrogen-bond acceptors (Lipinski definition) is 2. The Morgan fingerprint density at radius 2 is 1.89 bits per heavy atom. The van der Waals surface area contributed by atoms with Gasteiger partial charge in [0, 0.05) is 22.9 Å². The van der Waals surface area contributed by atoms with Crippen LogP contribution in [-0.4, -0.2) is 17.6 Å². The SMILES string of the molecule is COc1ccc(Cn2c3cc(C(C)C)c[c]c3c3c(C(N)=O)cccc32)cc1. The van der Waals surface area contributed by atoms with E-state index in [2.05, 4.69) is 42.7 Å². The van der Waals surface area contributed by atoms with Gasteiger partial charge in [0.15, 0.2) is 0 Å². The van der Waals surface area contributed by atoms with Gasteiger partial charge in [0.25, 0.3) is 0 Å². The molecule has 1 aromatic heterocycles. The minimum atomic E-state index is -0.421. The van der Waals surface area contributed by atoms with Crippen LogP contribution in [-0.2, 0) is 6.54 Å². The van der Waals surface area contributed by atoms with Gasteiger partial charge >= 0.3 is 0 Å². The van der Waals surface area contributed by atoms with Crippen LogP contribution < -0.4 is 10.5 Å². The van der Waals surface area contributed by atoms with Gasteiger partial charge in [0.05, 0.1) is 18.1 Å². The zero-order valence-electron chi connectivity index (χ0n) is 16.3. The number of hydrogen-bond donors (Lipinski definition) is 1. The van der Waals surface area contributed by atoms with Gasteiger partial charge in [-0.1, -0.05) is 38.1 Å². The lowest BCUT2D eigenvalue weighted by Gasteiger charge is -2.10. The second-order valence-corrected chi connectivity index (χ2v) is 7.35. The molecule has 0 saturated carbocycles. The summed E-state index contributed by atoms with van der Waals surface area (Å²) in [6, 6.07) is 21.4. The maximum Gasteiger partial charge on any atom is 0.249 e. The van der Waals surface area contributed by atoms with E-state index in [-0.39, 0.29) is 0 Å². The van der Waals surface area contributed by atoms with Crippen LogP contribution in [0.25, 0.3) is 21.8 Å². The van der Waals surface area contributed by atoms with E-state index in [0.29, 0.717) is 18.0 Å². The number of nitrogens with zero attached hydrogens (tertiary/aromatic N) is 1. The molecule has 0 spiro atoms. The fourth-order valence-corrected chi connectivity index (χ4v) is 3.69. The first kappa shape index (κ1) is 18.1. The molecule has 4 nitrogen and oxygen atoms in total. The molecule has 0 atom stereocenters. The molecule has 1 radical (unpaired) electrons. The van der Waals surface area contributed by atoms with E-state index in [1.807, 2.05) is 30.3 Å². The average molecular weight is 371 g/mol. The molecule has 0 aliphatic carbocycles. The average Bonchev–Trinajstić information content (AvgIpc) is 3.01. The first-order valence-electron chi connectivity index (χ1n) is 9.39. The molecule has 0 bridgehead atoms. The third-order valence-electron chi connectivity index (χ3n) is 5.25. The van der Waals surface area contributed by atoms with Crippen molar-refractivity contribution in [3.8, 4) is 5.75 Å². The lowest BCUT2D eigenvalue weighted by molar-refractivity contribution is 0.100. The summed E-state index contributed by atoms with van der Waals surface area (Å²) in [6.07, 6.45) is 0. The molecule has 3 aromatic carbocycles. The Kier molecular flexibility index (Phi) is 4.55. The molecule has 0 aliphatic heterocycles. The highest BCUT2D eigenvalue weighted by atomic mass is 16.5. The van der Waals surface area contributed by atoms with Crippen LogP contribution in [0.1, 0.15) is 41.3 Å². The van der Waals surface area contributed by atoms with Crippen molar-refractivity contribution in [3.63, 3.8) is 0 Å². The Labute approximate surface area is 164 Å². The Hall–Kier alpha value is -3.27. The highest BCUT2D eigenvalue weighted by Gasteiger charge is 2.17. The number of ether oxygens (including phenoxy) is 1. The summed E-state index contributed by atoms with van der Waals surface area (Å²) < 4.78 is 7.50. The summed E-state index contributed by atoms with van der Waals surface area (Å²) >= 11 is 0. The molecule has 2 N–H and O–H groups in total. The number of fused-ring (bicyclic) bond motifs is 3. The lowest BCUT2D eigenvalue weighted by atomic mass is 10.00. The molecular formula is C24H23N2O2. The number of carbonyl (C=O) groups is 1. The van der Waals surface area contributed by atoms with E-state index in [1.54, 1.807) is 13.2 Å². The van der Waals surface area contributed by atoms with Gasteiger partial charge in [-0.15, -0.1) is 0 Å². The molecule has 4 aromatic rings. The van der Waals surface area contributed by atoms with E-state index < -0.39 is 5.91 Å². The first-order chi connectivity index (χ1) is 13.5. The minimum Gasteiger partial charge on any atom is -0.497 e. The molecule has 1 heterocycles. The maximum atomic E-state index is 12.1. The Morgan fingerprint density at radius 1 is 1.14 bits per heavy atom. The standard InChI is InChI=1S/C24H23N2O2/c1-15(2)17-9-12-19-22(13-17)26(14-16-7-10-18(28-3)11-8-16)21-6-4-5-20(23(19)21)24(25)27/h4-11,13,15H,14H2,1-3H3,(H2,25,27). The number of primary amides is 1. The molecule has 1 amide bonds. The van der Waals surface area contributed by atoms with Crippen molar-refractivity contribution in [2.45, 2.75) is 26.3 Å². The van der Waals surface area contributed by atoms with E-state index >= 15 is 0 Å². The molecule has 0 fully saturated rings. The quantitative estimate of drug-likeness (QED) is 0.544. The predicted molar refractivity (Wildman–Crippen MR) is 113 cm³/mol. The van der Waals surface area contributed by atoms with Gasteiger partial charge in [-0.3, -0.25) is 4.79 Å². The smallest absolute Gasteiger partial charge is 0.249 e. The van der Waals surface area contributed by atoms with Gasteiger partial charge in [0.1, 0.15) is 5.75 Å². The molecule has 4 heteroatoms. The van der Waals surface area contributed by atoms with E-state index in [0.717, 1.165) is 33.1 Å². The third-order valence-corrected chi connectivity index (χ3v) is 5.25. The number of benzene rings is 3. The number of carbonyl (C=O) groups excluding carboxylic acids is 1. The molecule has 28 heavy (non-hydrogen) atoms. The Morgan fingerprint density at radius 3 is 2.54 bits per heavy atom. The van der Waals surface area contributed by atoms with Gasteiger partial charge < -0.3 is 15.0 Å². The molecule has 4 rings (SSSR count). The van der Waals surface area contributed by atoms with Gasteiger partial charge in [0.2, 0.25) is 5.91 Å². The number of amides is 1. The van der Waals surface area contributed by atoms with E-state index in [4.69, 9.17) is 10.5 Å². The van der Waals surface area contributed by atoms with Crippen LogP contribution in [0.4, 0.5) is 0 Å². The predicted octanol–water partition coefficient (Wildman–Crippen LogP) is 4.87. The number of aromatic nitrogens is 1. The van der Waals surface area contributed by atoms with Crippen molar-refractivity contribution in [1.29, 1.82) is 0 Å². The topological polar surface area (TPSA) is 57.2 Å². The van der Waals surface area contributed by atoms with Crippen LogP contribution in [0.2, 0.25) is 0 Å². The Balaban J connectivity index is 1.99. The van der Waals surface area contributed by atoms with E-state index in [1.165, 1.54) is 5.56 Å². The first-order valence-corrected chi connectivity index (χ1v) is 9.39. The molecule has 0 aliphatic rings. The summed E-state index contributed by atoms with van der Waals surface area (Å²) in [5, 5.41) is 1.80. The minimum absolute atomic E-state index is 0.392. The summed E-state index contributed by atoms with van der Waals surface area (Å²) in [4.78, 5) is 12.1. The zero-order chi connectivity index (χ0) is 19.8. The second kappa shape index (κ2) is 7.04. The van der Waals surface area contributed by atoms with Crippen molar-refractivity contribution >= 4 is 27.7 Å². The van der Waals surface area contributed by atoms with Crippen LogP contribution in [0.3, 0.4) is 0 Å². The molecule has 0 unspecified atom stereocenters. The van der Waals surface area contributed by atoms with Gasteiger partial charge in [-0.05, 0) is 53.4 Å². The fraction of sp³-hybridized carbons (Fsp3) is 0.208. The number of nitrogens with two attached hydrogens (primary N) is 1. The van der Waals surface area contributed by atoms with Crippen LogP contribution in [0, 0.1) is 6.07 Å². The zero-order valence-corrected chi connectivity index (χ0v) is 16.3. The summed E-state index contributed by atoms with van der Waals surface area (Å²) in [6.45, 7) is 5.02. The molecule has 0 saturated heterocycles. The summed E-state index contributed by atoms with van der Waals surface area (Å²) in [7, 11) is 1.66. The summed E-state index contributed by atoms with van der Waals surface area (Å²) in [5.74, 6) is 0.802. The van der Waals surface area contributed by atoms with E-state index in [9.17, 15) is 4.79 Å². The fourth-order valence-electron chi connectivity index (χ4n) is 3.69. The number of methoxy groups -OCH3 is 1. The van der Waals surface area contributed by atoms with Crippen molar-refractivity contribution < 1.29 is 9.53 Å². The monoisotopic (exact) mass is 371 g/mol. The lowest BCUT2D eigenvalue weighted by Crippen LogP contribution is -2.11. The van der Waals surface area contributed by atoms with Crippen LogP contribution in [0.15, 0.2) is 54.6 Å². The maximum absolute atomic E-state index is 12.1. The van der Waals surface area contributed by atoms with Gasteiger partial charge in [-0.2, -0.15) is 0 Å². The van der Waals surface area contributed by atoms with Crippen LogP contribution in [0.5, 0.6) is 5.75 Å². The Bertz CT molecular complexity index is 1170. The summed E-state index contributed by atoms with van der Waals surface area (Å²) in [5.41, 5.74) is 10.6. The normalized spacial score (nSPS) is 11.4. The highest BCUT2D eigenvalue weighted by molar-refractivity contribution is 6.17. The van der Waals surface area contributed by atoms with Crippen molar-refractivity contribution in [2.24, 2.45) is 5.73 Å². The molecule has 141 valence electrons. The second-order valence-electron chi connectivity index (χ2n) is 7.35. The van der Waals surface area contributed by atoms with Crippen molar-refractivity contribution in [1.82, 2.24) is 4.57 Å². The van der Waals surface area contributed by atoms with Crippen molar-refractivity contribution in [2.75, 3.05) is 7.11 Å². The largest absolute Gasteiger partial charge is 0.497 e. The molecular weight excluding hydrogens is 348 g/mol. The van der Waals surface area contributed by atoms with Crippen LogP contribution >= 0.6 is 0 Å². The third kappa shape index (κ3) is 3.01.